The van der Waals surface area contributed by atoms with E-state index in [1.807, 2.05) is 0 Å². The van der Waals surface area contributed by atoms with Crippen LogP contribution in [0.4, 0.5) is 0 Å². The number of rotatable bonds is 0. The fourth-order valence-corrected chi connectivity index (χ4v) is 1.84. The van der Waals surface area contributed by atoms with E-state index in [0.717, 1.165) is 13.0 Å². The summed E-state index contributed by atoms with van der Waals surface area (Å²) in [6, 6.07) is 0.454. The lowest BCUT2D eigenvalue weighted by molar-refractivity contribution is -0.0943. The third-order valence-electron chi connectivity index (χ3n) is 2.55. The fourth-order valence-electron chi connectivity index (χ4n) is 1.84. The van der Waals surface area contributed by atoms with Crippen molar-refractivity contribution >= 4 is 0 Å². The normalized spacial score (nSPS) is 49.7. The first-order chi connectivity index (χ1) is 4.38. The molecule has 0 aromatic rings. The molecule has 0 aromatic heterocycles. The summed E-state index contributed by atoms with van der Waals surface area (Å²) in [7, 11) is 0. The highest BCUT2D eigenvalue weighted by Gasteiger charge is 2.40. The Hall–Kier alpha value is -0.0800. The number of hydrogen-bond acceptors (Lipinski definition) is 2. The van der Waals surface area contributed by atoms with Gasteiger partial charge in [0.25, 0.3) is 0 Å². The summed E-state index contributed by atoms with van der Waals surface area (Å²) in [5, 5.41) is 0. The van der Waals surface area contributed by atoms with Crippen LogP contribution >= 0.6 is 0 Å². The van der Waals surface area contributed by atoms with Gasteiger partial charge in [0.2, 0.25) is 0 Å². The highest BCUT2D eigenvalue weighted by atomic mass is 16.5. The molecular weight excluding hydrogens is 114 g/mol. The summed E-state index contributed by atoms with van der Waals surface area (Å²) < 4.78 is 5.47. The Morgan fingerprint density at radius 1 is 1.44 bits per heavy atom. The lowest BCUT2D eigenvalue weighted by Gasteiger charge is -2.45. The Morgan fingerprint density at radius 2 is 2.33 bits per heavy atom. The minimum absolute atomic E-state index is 0.454. The lowest BCUT2D eigenvalue weighted by atomic mass is 9.73. The first-order valence-electron chi connectivity index (χ1n) is 3.75. The molecule has 1 unspecified atom stereocenters. The van der Waals surface area contributed by atoms with Gasteiger partial charge < -0.3 is 10.5 Å². The largest absolute Gasteiger partial charge is 0.378 e. The average molecular weight is 127 g/mol. The van der Waals surface area contributed by atoms with Gasteiger partial charge in [0, 0.05) is 18.6 Å². The van der Waals surface area contributed by atoms with Crippen molar-refractivity contribution in [3.05, 3.63) is 0 Å². The van der Waals surface area contributed by atoms with E-state index in [2.05, 4.69) is 0 Å². The van der Waals surface area contributed by atoms with E-state index in [-0.39, 0.29) is 0 Å². The molecule has 9 heavy (non-hydrogen) atoms. The molecule has 0 radical (unpaired) electrons. The van der Waals surface area contributed by atoms with E-state index in [0.29, 0.717) is 18.1 Å². The molecule has 1 saturated carbocycles. The molecule has 1 aliphatic heterocycles. The lowest BCUT2D eigenvalue weighted by Crippen LogP contribution is -2.54. The maximum atomic E-state index is 5.75. The molecule has 2 rings (SSSR count). The molecule has 0 amide bonds. The van der Waals surface area contributed by atoms with E-state index in [1.54, 1.807) is 0 Å². The highest BCUT2D eigenvalue weighted by Crippen LogP contribution is 2.36. The predicted molar refractivity (Wildman–Crippen MR) is 35.1 cm³/mol. The molecule has 2 nitrogen and oxygen atoms in total. The Morgan fingerprint density at radius 3 is 2.89 bits per heavy atom. The van der Waals surface area contributed by atoms with Crippen LogP contribution in [0.25, 0.3) is 0 Å². The van der Waals surface area contributed by atoms with Crippen molar-refractivity contribution in [2.75, 3.05) is 6.61 Å². The number of hydrogen-bond donors (Lipinski definition) is 1. The summed E-state index contributed by atoms with van der Waals surface area (Å²) in [5.41, 5.74) is 5.75. The Bertz CT molecular complexity index is 113. The van der Waals surface area contributed by atoms with Crippen molar-refractivity contribution in [1.29, 1.82) is 0 Å². The Labute approximate surface area is 55.4 Å². The SMILES string of the molecule is NC1C[C@H]2OCCC[C@@H]12. The summed E-state index contributed by atoms with van der Waals surface area (Å²) in [4.78, 5) is 0. The molecule has 0 spiro atoms. The molecule has 3 atom stereocenters. The average Bonchev–Trinajstić information content (AvgIpc) is 1.86. The van der Waals surface area contributed by atoms with Gasteiger partial charge in [0.05, 0.1) is 6.10 Å². The predicted octanol–water partition coefficient (Wildman–Crippen LogP) is 0.513. The summed E-state index contributed by atoms with van der Waals surface area (Å²) in [6.07, 6.45) is 4.15. The van der Waals surface area contributed by atoms with Crippen molar-refractivity contribution in [2.45, 2.75) is 31.4 Å². The minimum atomic E-state index is 0.454. The summed E-state index contributed by atoms with van der Waals surface area (Å²) in [6.45, 7) is 0.966. The van der Waals surface area contributed by atoms with Crippen LogP contribution in [0, 0.1) is 5.92 Å². The van der Waals surface area contributed by atoms with Crippen LogP contribution in [0.1, 0.15) is 19.3 Å². The summed E-state index contributed by atoms with van der Waals surface area (Å²) in [5.74, 6) is 0.707. The van der Waals surface area contributed by atoms with Gasteiger partial charge in [-0.05, 0) is 19.3 Å². The zero-order chi connectivity index (χ0) is 6.27. The van der Waals surface area contributed by atoms with E-state index >= 15 is 0 Å². The number of fused-ring (bicyclic) bond motifs is 1. The molecule has 1 heterocycles. The van der Waals surface area contributed by atoms with Gasteiger partial charge in [-0.15, -0.1) is 0 Å². The zero-order valence-corrected chi connectivity index (χ0v) is 5.55. The van der Waals surface area contributed by atoms with E-state index in [1.165, 1.54) is 12.8 Å². The van der Waals surface area contributed by atoms with Gasteiger partial charge in [-0.1, -0.05) is 0 Å². The van der Waals surface area contributed by atoms with Gasteiger partial charge in [0.1, 0.15) is 0 Å². The minimum Gasteiger partial charge on any atom is -0.378 e. The van der Waals surface area contributed by atoms with E-state index in [9.17, 15) is 0 Å². The first kappa shape index (κ1) is 5.69. The quantitative estimate of drug-likeness (QED) is 0.514. The summed E-state index contributed by atoms with van der Waals surface area (Å²) >= 11 is 0. The molecule has 1 aliphatic carbocycles. The number of ether oxygens (including phenoxy) is 1. The van der Waals surface area contributed by atoms with Crippen molar-refractivity contribution in [3.8, 4) is 0 Å². The first-order valence-corrected chi connectivity index (χ1v) is 3.75. The monoisotopic (exact) mass is 127 g/mol. The van der Waals surface area contributed by atoms with Gasteiger partial charge in [-0.3, -0.25) is 0 Å². The highest BCUT2D eigenvalue weighted by molar-refractivity contribution is 4.94. The van der Waals surface area contributed by atoms with Crippen LogP contribution in [-0.4, -0.2) is 18.8 Å². The van der Waals surface area contributed by atoms with Gasteiger partial charge in [-0.25, -0.2) is 0 Å². The zero-order valence-electron chi connectivity index (χ0n) is 5.55. The molecule has 52 valence electrons. The molecule has 0 bridgehead atoms. The van der Waals surface area contributed by atoms with Crippen molar-refractivity contribution in [1.82, 2.24) is 0 Å². The Kier molecular flexibility index (Phi) is 1.24. The fraction of sp³-hybridized carbons (Fsp3) is 1.00. The molecule has 2 N–H and O–H groups in total. The van der Waals surface area contributed by atoms with Crippen LogP contribution < -0.4 is 5.73 Å². The standard InChI is InChI=1S/C7H13NO/c8-6-4-7-5(6)2-1-3-9-7/h5-7H,1-4,8H2/t5-,6?,7+/m0/s1. The molecule has 2 heteroatoms. The second-order valence-corrected chi connectivity index (χ2v) is 3.11. The van der Waals surface area contributed by atoms with E-state index < -0.39 is 0 Å². The van der Waals surface area contributed by atoms with Gasteiger partial charge in [-0.2, -0.15) is 0 Å². The van der Waals surface area contributed by atoms with Crippen LogP contribution in [0.3, 0.4) is 0 Å². The Balaban J connectivity index is 1.94. The van der Waals surface area contributed by atoms with Crippen LogP contribution in [0.2, 0.25) is 0 Å². The van der Waals surface area contributed by atoms with Gasteiger partial charge >= 0.3 is 0 Å². The maximum absolute atomic E-state index is 5.75. The topological polar surface area (TPSA) is 35.2 Å². The maximum Gasteiger partial charge on any atom is 0.0632 e. The van der Waals surface area contributed by atoms with E-state index in [4.69, 9.17) is 10.5 Å². The molecular formula is C7H13NO. The molecule has 2 aliphatic rings. The van der Waals surface area contributed by atoms with Crippen molar-refractivity contribution in [3.63, 3.8) is 0 Å². The molecule has 1 saturated heterocycles. The van der Waals surface area contributed by atoms with Crippen LogP contribution in [0.15, 0.2) is 0 Å². The van der Waals surface area contributed by atoms with Gasteiger partial charge in [0.15, 0.2) is 0 Å². The third kappa shape index (κ3) is 0.775. The number of nitrogens with two attached hydrogens (primary N) is 1. The second kappa shape index (κ2) is 1.96. The van der Waals surface area contributed by atoms with Crippen LogP contribution in [-0.2, 0) is 4.74 Å². The van der Waals surface area contributed by atoms with Crippen LogP contribution in [0.5, 0.6) is 0 Å². The smallest absolute Gasteiger partial charge is 0.0632 e. The van der Waals surface area contributed by atoms with Crippen molar-refractivity contribution < 1.29 is 4.74 Å². The second-order valence-electron chi connectivity index (χ2n) is 3.11. The third-order valence-corrected chi connectivity index (χ3v) is 2.55. The molecule has 0 aromatic carbocycles. The van der Waals surface area contributed by atoms with Crippen molar-refractivity contribution in [2.24, 2.45) is 11.7 Å². The molecule has 2 fully saturated rings.